The Kier molecular flexibility index (Phi) is 3.80. The lowest BCUT2D eigenvalue weighted by Gasteiger charge is -2.25. The highest BCUT2D eigenvalue weighted by molar-refractivity contribution is 5.97. The van der Waals surface area contributed by atoms with Crippen LogP contribution in [0.5, 0.6) is 0 Å². The van der Waals surface area contributed by atoms with Crippen LogP contribution in [0.2, 0.25) is 0 Å². The highest BCUT2D eigenvalue weighted by Crippen LogP contribution is 2.34. The second-order valence-electron chi connectivity index (χ2n) is 6.58. The van der Waals surface area contributed by atoms with Gasteiger partial charge in [-0.25, -0.2) is 0 Å². The Balaban J connectivity index is 1.42. The summed E-state index contributed by atoms with van der Waals surface area (Å²) in [6.07, 6.45) is 7.77. The van der Waals surface area contributed by atoms with Gasteiger partial charge in [0.1, 0.15) is 0 Å². The molecule has 0 bridgehead atoms. The van der Waals surface area contributed by atoms with Crippen LogP contribution >= 0.6 is 0 Å². The molecule has 0 spiro atoms. The second-order valence-corrected chi connectivity index (χ2v) is 6.58. The molecule has 1 aromatic carbocycles. The number of fused-ring (bicyclic) bond motifs is 1. The smallest absolute Gasteiger partial charge is 0.225 e. The van der Waals surface area contributed by atoms with Gasteiger partial charge in [-0.05, 0) is 30.9 Å². The maximum Gasteiger partial charge on any atom is 0.225 e. The van der Waals surface area contributed by atoms with E-state index in [1.165, 1.54) is 6.42 Å². The first kappa shape index (κ1) is 14.9. The van der Waals surface area contributed by atoms with Gasteiger partial charge in [0.05, 0.1) is 17.9 Å². The normalized spacial score (nSPS) is 20.0. The zero-order valence-corrected chi connectivity index (χ0v) is 13.4. The molecule has 1 aliphatic carbocycles. The van der Waals surface area contributed by atoms with E-state index in [1.54, 1.807) is 6.20 Å². The summed E-state index contributed by atoms with van der Waals surface area (Å²) in [5, 5.41) is 10.1. The molecule has 2 N–H and O–H groups in total. The van der Waals surface area contributed by atoms with Crippen molar-refractivity contribution in [2.45, 2.75) is 44.1 Å². The van der Waals surface area contributed by atoms with Crippen molar-refractivity contribution in [1.29, 1.82) is 0 Å². The lowest BCUT2D eigenvalue weighted by atomic mass is 9.88. The number of carbonyl (C=O) groups excluding carboxylic acids is 2. The summed E-state index contributed by atoms with van der Waals surface area (Å²) in [4.78, 5) is 24.2. The lowest BCUT2D eigenvalue weighted by Crippen LogP contribution is -2.25. The number of para-hydroxylation sites is 1. The van der Waals surface area contributed by atoms with Crippen LogP contribution in [0.1, 0.15) is 49.6 Å². The van der Waals surface area contributed by atoms with Crippen molar-refractivity contribution in [3.05, 3.63) is 42.2 Å². The van der Waals surface area contributed by atoms with Gasteiger partial charge in [0.15, 0.2) is 0 Å². The number of anilines is 2. The van der Waals surface area contributed by atoms with Crippen molar-refractivity contribution >= 4 is 23.2 Å². The molecule has 2 amide bonds. The van der Waals surface area contributed by atoms with Gasteiger partial charge in [0, 0.05) is 30.6 Å². The summed E-state index contributed by atoms with van der Waals surface area (Å²) in [6.45, 7) is 0. The molecule has 24 heavy (non-hydrogen) atoms. The molecule has 2 aromatic rings. The monoisotopic (exact) mass is 324 g/mol. The van der Waals surface area contributed by atoms with Crippen LogP contribution in [-0.4, -0.2) is 21.6 Å². The summed E-state index contributed by atoms with van der Waals surface area (Å²) >= 11 is 0. The minimum absolute atomic E-state index is 0.0377. The predicted molar refractivity (Wildman–Crippen MR) is 90.8 cm³/mol. The minimum atomic E-state index is -0.0865. The second kappa shape index (κ2) is 6.11. The molecule has 6 heteroatoms. The van der Waals surface area contributed by atoms with E-state index in [-0.39, 0.29) is 17.7 Å². The molecule has 1 fully saturated rings. The molecule has 1 aromatic heterocycles. The van der Waals surface area contributed by atoms with Gasteiger partial charge in [-0.3, -0.25) is 14.3 Å². The number of rotatable bonds is 4. The van der Waals surface area contributed by atoms with E-state index in [2.05, 4.69) is 15.7 Å². The number of aromatic nitrogens is 2. The van der Waals surface area contributed by atoms with E-state index in [4.69, 9.17) is 0 Å². The Hall–Kier alpha value is -2.63. The van der Waals surface area contributed by atoms with Gasteiger partial charge in [0.2, 0.25) is 11.8 Å². The molecule has 0 radical (unpaired) electrons. The number of carbonyl (C=O) groups is 2. The minimum Gasteiger partial charge on any atom is -0.326 e. The molecule has 1 aliphatic heterocycles. The topological polar surface area (TPSA) is 76.0 Å². The highest BCUT2D eigenvalue weighted by Gasteiger charge is 2.27. The van der Waals surface area contributed by atoms with Gasteiger partial charge < -0.3 is 10.6 Å². The number of nitrogens with one attached hydrogen (secondary N) is 2. The van der Waals surface area contributed by atoms with Crippen molar-refractivity contribution < 1.29 is 9.59 Å². The fourth-order valence-corrected chi connectivity index (χ4v) is 3.37. The van der Waals surface area contributed by atoms with Crippen molar-refractivity contribution in [1.82, 2.24) is 9.78 Å². The summed E-state index contributed by atoms with van der Waals surface area (Å²) in [7, 11) is 0. The van der Waals surface area contributed by atoms with Crippen molar-refractivity contribution in [2.75, 3.05) is 10.6 Å². The lowest BCUT2D eigenvalue weighted by molar-refractivity contribution is -0.118. The summed E-state index contributed by atoms with van der Waals surface area (Å²) < 4.78 is 1.93. The Morgan fingerprint density at radius 1 is 1.33 bits per heavy atom. The van der Waals surface area contributed by atoms with Gasteiger partial charge in [-0.2, -0.15) is 5.10 Å². The molecule has 4 rings (SSSR count). The molecule has 6 nitrogen and oxygen atoms in total. The highest BCUT2D eigenvalue weighted by atomic mass is 16.2. The Morgan fingerprint density at radius 3 is 2.96 bits per heavy atom. The number of hydrogen-bond acceptors (Lipinski definition) is 3. The molecule has 124 valence electrons. The fourth-order valence-electron chi connectivity index (χ4n) is 3.37. The molecular weight excluding hydrogens is 304 g/mol. The SMILES string of the molecule is O=C(CC1CC(=O)Nc2ccccc21)Nc1cnn(C2CCC2)c1. The number of hydrogen-bond donors (Lipinski definition) is 2. The van der Waals surface area contributed by atoms with E-state index < -0.39 is 0 Å². The summed E-state index contributed by atoms with van der Waals surface area (Å²) in [5.74, 6) is -0.210. The first-order valence-electron chi connectivity index (χ1n) is 8.42. The zero-order valence-electron chi connectivity index (χ0n) is 13.4. The van der Waals surface area contributed by atoms with Gasteiger partial charge in [-0.15, -0.1) is 0 Å². The number of nitrogens with zero attached hydrogens (tertiary/aromatic N) is 2. The Bertz CT molecular complexity index is 779. The van der Waals surface area contributed by atoms with E-state index >= 15 is 0 Å². The number of amides is 2. The summed E-state index contributed by atoms with van der Waals surface area (Å²) in [5.41, 5.74) is 2.56. The molecule has 1 unspecified atom stereocenters. The van der Waals surface area contributed by atoms with Crippen LogP contribution in [0.25, 0.3) is 0 Å². The predicted octanol–water partition coefficient (Wildman–Crippen LogP) is 3.06. The van der Waals surface area contributed by atoms with Gasteiger partial charge in [-0.1, -0.05) is 18.2 Å². The Morgan fingerprint density at radius 2 is 2.17 bits per heavy atom. The molecule has 2 heterocycles. The maximum atomic E-state index is 12.4. The van der Waals surface area contributed by atoms with E-state index in [0.717, 1.165) is 29.8 Å². The van der Waals surface area contributed by atoms with Crippen LogP contribution in [0.4, 0.5) is 11.4 Å². The third kappa shape index (κ3) is 2.91. The first-order valence-corrected chi connectivity index (χ1v) is 8.42. The third-order valence-electron chi connectivity index (χ3n) is 4.87. The van der Waals surface area contributed by atoms with Crippen LogP contribution < -0.4 is 10.6 Å². The standard InChI is InChI=1S/C18H20N4O2/c23-17(20-13-10-19-22(11-13)14-4-3-5-14)8-12-9-18(24)21-16-7-2-1-6-15(12)16/h1-2,6-7,10-12,14H,3-5,8-9H2,(H,20,23)(H,21,24). The number of benzene rings is 1. The average Bonchev–Trinajstić information content (AvgIpc) is 2.93. The fraction of sp³-hybridized carbons (Fsp3) is 0.389. The van der Waals surface area contributed by atoms with Crippen molar-refractivity contribution in [2.24, 2.45) is 0 Å². The molecule has 1 saturated carbocycles. The molecule has 1 atom stereocenters. The quantitative estimate of drug-likeness (QED) is 0.907. The largest absolute Gasteiger partial charge is 0.326 e. The first-order chi connectivity index (χ1) is 11.7. The van der Waals surface area contributed by atoms with Crippen LogP contribution in [0.15, 0.2) is 36.7 Å². The molecule has 0 saturated heterocycles. The van der Waals surface area contributed by atoms with E-state index in [1.807, 2.05) is 35.1 Å². The van der Waals surface area contributed by atoms with E-state index in [0.29, 0.717) is 18.9 Å². The van der Waals surface area contributed by atoms with Crippen LogP contribution in [-0.2, 0) is 9.59 Å². The zero-order chi connectivity index (χ0) is 16.5. The molecular formula is C18H20N4O2. The van der Waals surface area contributed by atoms with Crippen molar-refractivity contribution in [3.63, 3.8) is 0 Å². The van der Waals surface area contributed by atoms with Gasteiger partial charge in [0.25, 0.3) is 0 Å². The Labute approximate surface area is 140 Å². The van der Waals surface area contributed by atoms with Crippen LogP contribution in [0, 0.1) is 0 Å². The van der Waals surface area contributed by atoms with Crippen molar-refractivity contribution in [3.8, 4) is 0 Å². The van der Waals surface area contributed by atoms with Gasteiger partial charge >= 0.3 is 0 Å². The summed E-state index contributed by atoms with van der Waals surface area (Å²) in [6, 6.07) is 8.14. The third-order valence-corrected chi connectivity index (χ3v) is 4.87. The maximum absolute atomic E-state index is 12.4. The van der Waals surface area contributed by atoms with E-state index in [9.17, 15) is 9.59 Å². The van der Waals surface area contributed by atoms with Crippen LogP contribution in [0.3, 0.4) is 0 Å². The average molecular weight is 324 g/mol. The molecule has 2 aliphatic rings.